The van der Waals surface area contributed by atoms with Crippen LogP contribution in [0.2, 0.25) is 0 Å². The van der Waals surface area contributed by atoms with Gasteiger partial charge in [0.2, 0.25) is 5.91 Å². The van der Waals surface area contributed by atoms with Crippen molar-refractivity contribution < 1.29 is 19.2 Å². The van der Waals surface area contributed by atoms with Gasteiger partial charge in [-0.3, -0.25) is 19.7 Å². The molecule has 0 spiro atoms. The first-order chi connectivity index (χ1) is 14.0. The van der Waals surface area contributed by atoms with Gasteiger partial charge in [-0.15, -0.1) is 0 Å². The Hall–Kier alpha value is -3.42. The summed E-state index contributed by atoms with van der Waals surface area (Å²) in [6.07, 6.45) is 1.75. The van der Waals surface area contributed by atoms with E-state index in [0.29, 0.717) is 13.2 Å². The number of non-ortho nitro benzene ring substituents is 1. The molecule has 1 saturated heterocycles. The Balaban J connectivity index is 1.61. The second-order valence-electron chi connectivity index (χ2n) is 6.74. The number of ether oxygens (including phenoxy) is 1. The Labute approximate surface area is 168 Å². The Morgan fingerprint density at radius 2 is 2.00 bits per heavy atom. The van der Waals surface area contributed by atoms with E-state index >= 15 is 0 Å². The standard InChI is InChI=1S/C21H23N3O5/c1-2-29-18-10-8-15(9-11-18)19-7-4-12-23(19)20(25)14-22-21(26)16-5-3-6-17(13-16)24(27)28/h3,5-6,8-11,13,19H,2,4,7,12,14H2,1H3,(H,22,26)/t19-/m0/s1. The van der Waals surface area contributed by atoms with Crippen LogP contribution in [0.1, 0.15) is 41.7 Å². The van der Waals surface area contributed by atoms with Gasteiger partial charge >= 0.3 is 0 Å². The maximum Gasteiger partial charge on any atom is 0.270 e. The molecule has 8 nitrogen and oxygen atoms in total. The van der Waals surface area contributed by atoms with Crippen LogP contribution >= 0.6 is 0 Å². The van der Waals surface area contributed by atoms with Crippen LogP contribution in [0, 0.1) is 10.1 Å². The number of hydrogen-bond donors (Lipinski definition) is 1. The Morgan fingerprint density at radius 3 is 2.69 bits per heavy atom. The van der Waals surface area contributed by atoms with E-state index in [9.17, 15) is 19.7 Å². The summed E-state index contributed by atoms with van der Waals surface area (Å²) in [5.41, 5.74) is 1.01. The summed E-state index contributed by atoms with van der Waals surface area (Å²) >= 11 is 0. The summed E-state index contributed by atoms with van der Waals surface area (Å²) in [5, 5.41) is 13.4. The monoisotopic (exact) mass is 397 g/mol. The first-order valence-corrected chi connectivity index (χ1v) is 9.54. The van der Waals surface area contributed by atoms with Gasteiger partial charge in [0.25, 0.3) is 11.6 Å². The lowest BCUT2D eigenvalue weighted by molar-refractivity contribution is -0.384. The molecule has 1 aliphatic heterocycles. The van der Waals surface area contributed by atoms with Crippen LogP contribution in [-0.2, 0) is 4.79 Å². The molecule has 1 N–H and O–H groups in total. The van der Waals surface area contributed by atoms with Crippen molar-refractivity contribution >= 4 is 17.5 Å². The molecule has 0 aromatic heterocycles. The molecule has 152 valence electrons. The predicted octanol–water partition coefficient (Wildman–Crippen LogP) is 3.09. The highest BCUT2D eigenvalue weighted by molar-refractivity contribution is 5.97. The molecule has 8 heteroatoms. The molecule has 1 atom stereocenters. The minimum absolute atomic E-state index is 0.0344. The van der Waals surface area contributed by atoms with Crippen molar-refractivity contribution in [3.05, 3.63) is 69.8 Å². The van der Waals surface area contributed by atoms with Crippen molar-refractivity contribution in [2.45, 2.75) is 25.8 Å². The van der Waals surface area contributed by atoms with Crippen LogP contribution in [0.3, 0.4) is 0 Å². The number of carbonyl (C=O) groups excluding carboxylic acids is 2. The molecule has 1 heterocycles. The third-order valence-corrected chi connectivity index (χ3v) is 4.87. The molecule has 3 rings (SSSR count). The van der Waals surface area contributed by atoms with Crippen molar-refractivity contribution in [1.29, 1.82) is 0 Å². The second-order valence-corrected chi connectivity index (χ2v) is 6.74. The summed E-state index contributed by atoms with van der Waals surface area (Å²) in [6.45, 7) is 2.99. The number of nitrogens with one attached hydrogen (secondary N) is 1. The number of nitro benzene ring substituents is 1. The molecule has 2 aromatic rings. The van der Waals surface area contributed by atoms with Crippen LogP contribution in [-0.4, -0.2) is 41.3 Å². The molecule has 0 bridgehead atoms. The highest BCUT2D eigenvalue weighted by Gasteiger charge is 2.30. The lowest BCUT2D eigenvalue weighted by atomic mass is 10.0. The van der Waals surface area contributed by atoms with Gasteiger partial charge in [-0.1, -0.05) is 18.2 Å². The number of benzene rings is 2. The van der Waals surface area contributed by atoms with Gasteiger partial charge in [-0.05, 0) is 43.5 Å². The van der Waals surface area contributed by atoms with Gasteiger partial charge in [-0.2, -0.15) is 0 Å². The molecule has 2 aromatic carbocycles. The molecule has 0 saturated carbocycles. The first-order valence-electron chi connectivity index (χ1n) is 9.54. The van der Waals surface area contributed by atoms with E-state index in [1.807, 2.05) is 31.2 Å². The smallest absolute Gasteiger partial charge is 0.270 e. The third kappa shape index (κ3) is 4.90. The topological polar surface area (TPSA) is 102 Å². The zero-order valence-corrected chi connectivity index (χ0v) is 16.2. The van der Waals surface area contributed by atoms with Gasteiger partial charge in [-0.25, -0.2) is 0 Å². The van der Waals surface area contributed by atoms with Gasteiger partial charge < -0.3 is 15.0 Å². The Morgan fingerprint density at radius 1 is 1.24 bits per heavy atom. The van der Waals surface area contributed by atoms with Crippen molar-refractivity contribution in [3.63, 3.8) is 0 Å². The zero-order chi connectivity index (χ0) is 20.8. The van der Waals surface area contributed by atoms with E-state index in [-0.39, 0.29) is 29.7 Å². The first kappa shape index (κ1) is 20.3. The number of carbonyl (C=O) groups is 2. The van der Waals surface area contributed by atoms with Gasteiger partial charge in [0.1, 0.15) is 5.75 Å². The maximum absolute atomic E-state index is 12.7. The molecule has 0 unspecified atom stereocenters. The van der Waals surface area contributed by atoms with Gasteiger partial charge in [0, 0.05) is 24.2 Å². The van der Waals surface area contributed by atoms with E-state index in [0.717, 1.165) is 24.2 Å². The number of likely N-dealkylation sites (tertiary alicyclic amines) is 1. The lowest BCUT2D eigenvalue weighted by Gasteiger charge is -2.25. The summed E-state index contributed by atoms with van der Waals surface area (Å²) in [5.74, 6) is 0.0929. The van der Waals surface area contributed by atoms with Crippen LogP contribution in [0.25, 0.3) is 0 Å². The average molecular weight is 397 g/mol. The fourth-order valence-electron chi connectivity index (χ4n) is 3.48. The fraction of sp³-hybridized carbons (Fsp3) is 0.333. The molecule has 1 aliphatic rings. The highest BCUT2D eigenvalue weighted by atomic mass is 16.6. The van der Waals surface area contributed by atoms with Crippen molar-refractivity contribution in [3.8, 4) is 5.75 Å². The van der Waals surface area contributed by atoms with E-state index in [2.05, 4.69) is 5.32 Å². The normalized spacial score (nSPS) is 15.8. The quantitative estimate of drug-likeness (QED) is 0.571. The lowest BCUT2D eigenvalue weighted by Crippen LogP contribution is -2.39. The number of nitrogens with zero attached hydrogens (tertiary/aromatic N) is 2. The molecule has 2 amide bonds. The summed E-state index contributed by atoms with van der Waals surface area (Å²) in [7, 11) is 0. The van der Waals surface area contributed by atoms with Gasteiger partial charge in [0.05, 0.1) is 24.1 Å². The molecule has 0 radical (unpaired) electrons. The van der Waals surface area contributed by atoms with Gasteiger partial charge in [0.15, 0.2) is 0 Å². The van der Waals surface area contributed by atoms with Crippen LogP contribution in [0.5, 0.6) is 5.75 Å². The van der Waals surface area contributed by atoms with E-state index < -0.39 is 10.8 Å². The van der Waals surface area contributed by atoms with E-state index in [1.165, 1.54) is 24.3 Å². The summed E-state index contributed by atoms with van der Waals surface area (Å²) in [6, 6.07) is 13.1. The highest BCUT2D eigenvalue weighted by Crippen LogP contribution is 2.32. The average Bonchev–Trinajstić information content (AvgIpc) is 3.22. The maximum atomic E-state index is 12.7. The predicted molar refractivity (Wildman–Crippen MR) is 107 cm³/mol. The zero-order valence-electron chi connectivity index (χ0n) is 16.2. The molecule has 1 fully saturated rings. The molecule has 0 aliphatic carbocycles. The minimum atomic E-state index is -0.562. The van der Waals surface area contributed by atoms with E-state index in [4.69, 9.17) is 4.74 Å². The minimum Gasteiger partial charge on any atom is -0.494 e. The van der Waals surface area contributed by atoms with Crippen LogP contribution in [0.15, 0.2) is 48.5 Å². The number of rotatable bonds is 7. The van der Waals surface area contributed by atoms with Crippen molar-refractivity contribution in [2.75, 3.05) is 19.7 Å². The molecular formula is C21H23N3O5. The van der Waals surface area contributed by atoms with Crippen LogP contribution in [0.4, 0.5) is 5.69 Å². The Bertz CT molecular complexity index is 897. The molecular weight excluding hydrogens is 374 g/mol. The van der Waals surface area contributed by atoms with Crippen LogP contribution < -0.4 is 10.1 Å². The summed E-state index contributed by atoms with van der Waals surface area (Å²) < 4.78 is 5.46. The third-order valence-electron chi connectivity index (χ3n) is 4.87. The number of hydrogen-bond acceptors (Lipinski definition) is 5. The number of nitro groups is 1. The second kappa shape index (κ2) is 9.18. The fourth-order valence-corrected chi connectivity index (χ4v) is 3.48. The van der Waals surface area contributed by atoms with E-state index in [1.54, 1.807) is 4.90 Å². The SMILES string of the molecule is CCOc1ccc([C@@H]2CCCN2C(=O)CNC(=O)c2cccc([N+](=O)[O-])c2)cc1. The number of amides is 2. The molecule has 29 heavy (non-hydrogen) atoms. The summed E-state index contributed by atoms with van der Waals surface area (Å²) in [4.78, 5) is 37.0. The van der Waals surface area contributed by atoms with Crippen molar-refractivity contribution in [1.82, 2.24) is 10.2 Å². The largest absolute Gasteiger partial charge is 0.494 e. The Kier molecular flexibility index (Phi) is 6.43. The van der Waals surface area contributed by atoms with Crippen molar-refractivity contribution in [2.24, 2.45) is 0 Å².